The van der Waals surface area contributed by atoms with Gasteiger partial charge in [0.1, 0.15) is 0 Å². The average molecular weight is 299 g/mol. The summed E-state index contributed by atoms with van der Waals surface area (Å²) in [6.45, 7) is 3.63. The van der Waals surface area contributed by atoms with E-state index in [4.69, 9.17) is 0 Å². The van der Waals surface area contributed by atoms with Gasteiger partial charge in [0.15, 0.2) is 5.82 Å². The zero-order valence-electron chi connectivity index (χ0n) is 10.3. The SMILES string of the molecule is CC1CNCCN1c1cccc(C(F)(F)F)c1F.Cl. The second-order valence-electron chi connectivity index (χ2n) is 4.38. The van der Waals surface area contributed by atoms with Crippen LogP contribution in [0.15, 0.2) is 18.2 Å². The maximum absolute atomic E-state index is 13.9. The molecule has 1 aromatic carbocycles. The second kappa shape index (κ2) is 5.96. The van der Waals surface area contributed by atoms with Crippen LogP contribution in [-0.4, -0.2) is 25.7 Å². The summed E-state index contributed by atoms with van der Waals surface area (Å²) in [7, 11) is 0. The molecule has 19 heavy (non-hydrogen) atoms. The fourth-order valence-electron chi connectivity index (χ4n) is 2.16. The lowest BCUT2D eigenvalue weighted by Gasteiger charge is -2.36. The predicted molar refractivity (Wildman–Crippen MR) is 68.3 cm³/mol. The van der Waals surface area contributed by atoms with E-state index in [-0.39, 0.29) is 24.1 Å². The van der Waals surface area contributed by atoms with Gasteiger partial charge in [0, 0.05) is 25.7 Å². The minimum Gasteiger partial charge on any atom is -0.364 e. The summed E-state index contributed by atoms with van der Waals surface area (Å²) < 4.78 is 51.8. The van der Waals surface area contributed by atoms with Gasteiger partial charge < -0.3 is 10.2 Å². The third kappa shape index (κ3) is 3.30. The summed E-state index contributed by atoms with van der Waals surface area (Å²) in [6, 6.07) is 3.38. The predicted octanol–water partition coefficient (Wildman–Crippen LogP) is 3.06. The van der Waals surface area contributed by atoms with Gasteiger partial charge in [0.05, 0.1) is 11.3 Å². The zero-order valence-corrected chi connectivity index (χ0v) is 11.1. The lowest BCUT2D eigenvalue weighted by Crippen LogP contribution is -2.50. The molecule has 0 aliphatic carbocycles. The molecule has 1 aliphatic heterocycles. The quantitative estimate of drug-likeness (QED) is 0.802. The Balaban J connectivity index is 0.00000180. The summed E-state index contributed by atoms with van der Waals surface area (Å²) in [6.07, 6.45) is -4.66. The molecule has 1 aromatic rings. The average Bonchev–Trinajstić information content (AvgIpc) is 2.29. The Morgan fingerprint density at radius 2 is 2.00 bits per heavy atom. The molecule has 1 unspecified atom stereocenters. The number of benzene rings is 1. The van der Waals surface area contributed by atoms with Crippen LogP contribution in [-0.2, 0) is 6.18 Å². The molecule has 1 N–H and O–H groups in total. The Morgan fingerprint density at radius 1 is 1.32 bits per heavy atom. The number of alkyl halides is 3. The van der Waals surface area contributed by atoms with E-state index in [1.54, 1.807) is 4.90 Å². The summed E-state index contributed by atoms with van der Waals surface area (Å²) in [5.74, 6) is -1.18. The number of rotatable bonds is 1. The van der Waals surface area contributed by atoms with Crippen molar-refractivity contribution in [1.82, 2.24) is 5.32 Å². The van der Waals surface area contributed by atoms with Crippen LogP contribution in [0, 0.1) is 5.82 Å². The molecule has 1 aliphatic rings. The van der Waals surface area contributed by atoms with E-state index in [0.717, 1.165) is 6.07 Å². The van der Waals surface area contributed by atoms with Crippen molar-refractivity contribution in [3.63, 3.8) is 0 Å². The van der Waals surface area contributed by atoms with E-state index in [1.165, 1.54) is 12.1 Å². The Hall–Kier alpha value is -1.01. The fraction of sp³-hybridized carbons (Fsp3) is 0.500. The van der Waals surface area contributed by atoms with Crippen molar-refractivity contribution >= 4 is 18.1 Å². The smallest absolute Gasteiger partial charge is 0.364 e. The Labute approximate surface area is 115 Å². The molecule has 2 rings (SSSR count). The number of halogens is 5. The van der Waals surface area contributed by atoms with Gasteiger partial charge in [0.25, 0.3) is 0 Å². The Kier molecular flexibility index (Phi) is 5.04. The van der Waals surface area contributed by atoms with Gasteiger partial charge in [0.2, 0.25) is 0 Å². The molecule has 0 radical (unpaired) electrons. The standard InChI is InChI=1S/C12H14F4N2.ClH/c1-8-7-17-5-6-18(8)10-4-2-3-9(11(10)13)12(14,15)16;/h2-4,8,17H,5-7H2,1H3;1H. The van der Waals surface area contributed by atoms with Gasteiger partial charge >= 0.3 is 6.18 Å². The molecule has 108 valence electrons. The number of nitrogens with zero attached hydrogens (tertiary/aromatic N) is 1. The first-order valence-corrected chi connectivity index (χ1v) is 5.74. The van der Waals surface area contributed by atoms with Crippen LogP contribution in [0.1, 0.15) is 12.5 Å². The Morgan fingerprint density at radius 3 is 2.58 bits per heavy atom. The molecule has 2 nitrogen and oxygen atoms in total. The van der Waals surface area contributed by atoms with Crippen molar-refractivity contribution in [3.05, 3.63) is 29.6 Å². The van der Waals surface area contributed by atoms with Gasteiger partial charge in [-0.25, -0.2) is 4.39 Å². The maximum Gasteiger partial charge on any atom is 0.419 e. The number of hydrogen-bond donors (Lipinski definition) is 1. The maximum atomic E-state index is 13.9. The van der Waals surface area contributed by atoms with Gasteiger partial charge in [-0.3, -0.25) is 0 Å². The van der Waals surface area contributed by atoms with E-state index in [1.807, 2.05) is 6.92 Å². The van der Waals surface area contributed by atoms with Crippen LogP contribution >= 0.6 is 12.4 Å². The topological polar surface area (TPSA) is 15.3 Å². The first kappa shape index (κ1) is 16.0. The lowest BCUT2D eigenvalue weighted by molar-refractivity contribution is -0.139. The first-order chi connectivity index (χ1) is 8.41. The molecular formula is C12H15ClF4N2. The van der Waals surface area contributed by atoms with Gasteiger partial charge in [-0.15, -0.1) is 12.4 Å². The molecule has 0 bridgehead atoms. The van der Waals surface area contributed by atoms with Crippen LogP contribution in [0.5, 0.6) is 0 Å². The molecule has 0 saturated carbocycles. The van der Waals surface area contributed by atoms with E-state index >= 15 is 0 Å². The monoisotopic (exact) mass is 298 g/mol. The van der Waals surface area contributed by atoms with Gasteiger partial charge in [-0.05, 0) is 19.1 Å². The highest BCUT2D eigenvalue weighted by Gasteiger charge is 2.36. The largest absolute Gasteiger partial charge is 0.419 e. The van der Waals surface area contributed by atoms with Crippen molar-refractivity contribution in [2.24, 2.45) is 0 Å². The molecular weight excluding hydrogens is 284 g/mol. The molecule has 1 heterocycles. The molecule has 1 atom stereocenters. The highest BCUT2D eigenvalue weighted by Crippen LogP contribution is 2.35. The van der Waals surface area contributed by atoms with Crippen molar-refractivity contribution < 1.29 is 17.6 Å². The molecule has 1 saturated heterocycles. The third-order valence-corrected chi connectivity index (χ3v) is 3.09. The summed E-state index contributed by atoms with van der Waals surface area (Å²) in [5.41, 5.74) is -1.18. The highest BCUT2D eigenvalue weighted by atomic mass is 35.5. The minimum absolute atomic E-state index is 0. The summed E-state index contributed by atoms with van der Waals surface area (Å²) in [5, 5.41) is 3.11. The van der Waals surface area contributed by atoms with Crippen LogP contribution in [0.4, 0.5) is 23.2 Å². The van der Waals surface area contributed by atoms with Crippen LogP contribution in [0.2, 0.25) is 0 Å². The Bertz CT molecular complexity index is 436. The lowest BCUT2D eigenvalue weighted by atomic mass is 10.1. The molecule has 0 spiro atoms. The molecule has 0 aromatic heterocycles. The number of anilines is 1. The van der Waals surface area contributed by atoms with Gasteiger partial charge in [-0.1, -0.05) is 6.07 Å². The normalized spacial score (nSPS) is 20.1. The first-order valence-electron chi connectivity index (χ1n) is 5.74. The zero-order chi connectivity index (χ0) is 13.3. The molecule has 0 amide bonds. The van der Waals surface area contributed by atoms with Crippen molar-refractivity contribution in [2.75, 3.05) is 24.5 Å². The number of nitrogens with one attached hydrogen (secondary N) is 1. The summed E-state index contributed by atoms with van der Waals surface area (Å²) in [4.78, 5) is 1.67. The van der Waals surface area contributed by atoms with Crippen LogP contribution in [0.3, 0.4) is 0 Å². The molecule has 7 heteroatoms. The van der Waals surface area contributed by atoms with E-state index < -0.39 is 17.6 Å². The number of hydrogen-bond acceptors (Lipinski definition) is 2. The van der Waals surface area contributed by atoms with E-state index in [2.05, 4.69) is 5.32 Å². The molecule has 1 fully saturated rings. The summed E-state index contributed by atoms with van der Waals surface area (Å²) >= 11 is 0. The van der Waals surface area contributed by atoms with Crippen LogP contribution in [0.25, 0.3) is 0 Å². The number of piperazine rings is 1. The van der Waals surface area contributed by atoms with E-state index in [9.17, 15) is 17.6 Å². The third-order valence-electron chi connectivity index (χ3n) is 3.09. The van der Waals surface area contributed by atoms with Gasteiger partial charge in [-0.2, -0.15) is 13.2 Å². The fourth-order valence-corrected chi connectivity index (χ4v) is 2.16. The van der Waals surface area contributed by atoms with Crippen molar-refractivity contribution in [2.45, 2.75) is 19.1 Å². The second-order valence-corrected chi connectivity index (χ2v) is 4.38. The van der Waals surface area contributed by atoms with Crippen molar-refractivity contribution in [1.29, 1.82) is 0 Å². The highest BCUT2D eigenvalue weighted by molar-refractivity contribution is 5.85. The van der Waals surface area contributed by atoms with E-state index in [0.29, 0.717) is 19.6 Å². The minimum atomic E-state index is -4.66. The van der Waals surface area contributed by atoms with Crippen LogP contribution < -0.4 is 10.2 Å². The van der Waals surface area contributed by atoms with Crippen molar-refractivity contribution in [3.8, 4) is 0 Å².